The van der Waals surface area contributed by atoms with Crippen LogP contribution in [0.2, 0.25) is 0 Å². The zero-order chi connectivity index (χ0) is 31.4. The van der Waals surface area contributed by atoms with Gasteiger partial charge in [0.1, 0.15) is 12.0 Å². The molecule has 11 nitrogen and oxygen atoms in total. The van der Waals surface area contributed by atoms with Gasteiger partial charge >= 0.3 is 11.9 Å². The van der Waals surface area contributed by atoms with Gasteiger partial charge in [-0.3, -0.25) is 4.57 Å². The summed E-state index contributed by atoms with van der Waals surface area (Å²) in [5.74, 6) is -2.41. The van der Waals surface area contributed by atoms with Gasteiger partial charge in [0.25, 0.3) is 5.88 Å². The largest absolute Gasteiger partial charge is 0.493 e. The van der Waals surface area contributed by atoms with Crippen molar-refractivity contribution in [2.75, 3.05) is 7.11 Å². The van der Waals surface area contributed by atoms with Crippen LogP contribution in [0.3, 0.4) is 0 Å². The molecule has 5 rings (SSSR count). The van der Waals surface area contributed by atoms with Crippen molar-refractivity contribution in [3.8, 4) is 29.1 Å². The number of hydrogen-bond acceptors (Lipinski definition) is 9. The number of nitrogens with zero attached hydrogens (tertiary/aromatic N) is 6. The second kappa shape index (κ2) is 12.7. The van der Waals surface area contributed by atoms with Crippen LogP contribution in [-0.4, -0.2) is 48.9 Å². The number of para-hydroxylation sites is 2. The summed E-state index contributed by atoms with van der Waals surface area (Å²) < 4.78 is 80.8. The van der Waals surface area contributed by atoms with E-state index in [-0.39, 0.29) is 47.9 Å². The Morgan fingerprint density at radius 1 is 0.977 bits per heavy atom. The summed E-state index contributed by atoms with van der Waals surface area (Å²) in [5, 5.41) is 11.1. The van der Waals surface area contributed by atoms with Crippen LogP contribution >= 0.6 is 0 Å². The lowest BCUT2D eigenvalue weighted by Gasteiger charge is -2.19. The number of ether oxygens (including phenoxy) is 4. The van der Waals surface area contributed by atoms with E-state index < -0.39 is 41.4 Å². The molecule has 0 saturated carbocycles. The molecular weight excluding hydrogens is 588 g/mol. The average molecular weight is 615 g/mol. The van der Waals surface area contributed by atoms with E-state index >= 15 is 4.39 Å². The number of benzene rings is 2. The summed E-state index contributed by atoms with van der Waals surface area (Å²) in [6.07, 6.45) is -6.23. The smallest absolute Gasteiger partial charge is 0.425 e. The minimum atomic E-state index is -4.81. The molecule has 1 atom stereocenters. The van der Waals surface area contributed by atoms with E-state index in [9.17, 15) is 18.0 Å². The molecule has 0 fully saturated rings. The summed E-state index contributed by atoms with van der Waals surface area (Å²) in [4.78, 5) is 17.3. The van der Waals surface area contributed by atoms with E-state index in [1.807, 2.05) is 30.3 Å². The van der Waals surface area contributed by atoms with Crippen molar-refractivity contribution in [2.24, 2.45) is 0 Å². The number of hydrogen-bond donors (Lipinski definition) is 0. The Kier molecular flexibility index (Phi) is 8.76. The Balaban J connectivity index is 1.62. The molecule has 0 amide bonds. The third-order valence-electron chi connectivity index (χ3n) is 6.50. The summed E-state index contributed by atoms with van der Waals surface area (Å²) in [5.41, 5.74) is 0.0892. The fraction of sp³-hybridized carbons (Fsp3) is 0.276. The van der Waals surface area contributed by atoms with E-state index in [1.165, 1.54) is 17.7 Å². The second-order valence-electron chi connectivity index (χ2n) is 9.38. The third kappa shape index (κ3) is 6.17. The summed E-state index contributed by atoms with van der Waals surface area (Å²) in [6, 6.07) is 15.6. The Bertz CT molecular complexity index is 1830. The van der Waals surface area contributed by atoms with E-state index in [2.05, 4.69) is 20.3 Å². The molecule has 0 spiro atoms. The van der Waals surface area contributed by atoms with Gasteiger partial charge in [-0.2, -0.15) is 27.9 Å². The van der Waals surface area contributed by atoms with E-state index in [1.54, 1.807) is 25.1 Å². The first-order chi connectivity index (χ1) is 21.1. The summed E-state index contributed by atoms with van der Waals surface area (Å²) in [6.45, 7) is 2.68. The van der Waals surface area contributed by atoms with Gasteiger partial charge in [0.15, 0.2) is 35.1 Å². The van der Waals surface area contributed by atoms with Crippen LogP contribution in [0.25, 0.3) is 16.6 Å². The van der Waals surface area contributed by atoms with Gasteiger partial charge in [-0.25, -0.2) is 9.18 Å². The summed E-state index contributed by atoms with van der Waals surface area (Å²) in [7, 11) is 1.39. The summed E-state index contributed by atoms with van der Waals surface area (Å²) >= 11 is 0. The van der Waals surface area contributed by atoms with Gasteiger partial charge in [0, 0.05) is 6.54 Å². The maximum Gasteiger partial charge on any atom is 0.425 e. The predicted molar refractivity (Wildman–Crippen MR) is 148 cm³/mol. The lowest BCUT2D eigenvalue weighted by molar-refractivity contribution is -0.189. The van der Waals surface area contributed by atoms with Crippen LogP contribution in [0.15, 0.2) is 65.6 Å². The van der Waals surface area contributed by atoms with E-state index in [0.29, 0.717) is 4.68 Å². The van der Waals surface area contributed by atoms with Gasteiger partial charge < -0.3 is 18.9 Å². The minimum Gasteiger partial charge on any atom is -0.493 e. The Morgan fingerprint density at radius 2 is 1.68 bits per heavy atom. The third-order valence-corrected chi connectivity index (χ3v) is 6.50. The molecule has 15 heteroatoms. The monoisotopic (exact) mass is 614 g/mol. The molecule has 0 N–H and O–H groups in total. The molecule has 3 heterocycles. The van der Waals surface area contributed by atoms with Crippen LogP contribution in [0, 0.1) is 5.82 Å². The Hall–Kier alpha value is -5.05. The van der Waals surface area contributed by atoms with Crippen molar-refractivity contribution in [1.82, 2.24) is 29.5 Å². The maximum absolute atomic E-state index is 16.1. The van der Waals surface area contributed by atoms with Gasteiger partial charge in [-0.1, -0.05) is 42.5 Å². The molecule has 2 aromatic carbocycles. The van der Waals surface area contributed by atoms with Crippen LogP contribution in [0.5, 0.6) is 23.3 Å². The Morgan fingerprint density at radius 3 is 2.36 bits per heavy atom. The number of methoxy groups -OCH3 is 1. The molecule has 0 aliphatic carbocycles. The zero-order valence-electron chi connectivity index (χ0n) is 23.7. The highest BCUT2D eigenvalue weighted by atomic mass is 19.4. The molecule has 0 aliphatic heterocycles. The molecule has 5 aromatic rings. The molecular formula is C29H26F4N6O5. The normalized spacial score (nSPS) is 12.3. The molecule has 44 heavy (non-hydrogen) atoms. The first-order valence-corrected chi connectivity index (χ1v) is 13.3. The van der Waals surface area contributed by atoms with Crippen molar-refractivity contribution in [3.05, 3.63) is 88.5 Å². The second-order valence-corrected chi connectivity index (χ2v) is 9.38. The van der Waals surface area contributed by atoms with Crippen LogP contribution in [0.1, 0.15) is 25.2 Å². The number of halogens is 4. The molecule has 230 valence electrons. The highest BCUT2D eigenvalue weighted by molar-refractivity contribution is 5.92. The van der Waals surface area contributed by atoms with Crippen molar-refractivity contribution in [3.63, 3.8) is 0 Å². The molecule has 3 aromatic heterocycles. The standard InChI is InChI=1S/C29H26F4N6O5/c1-4-38-22(16-42-15-18-10-6-5-7-11-18)37-39(28(38)40)25-24(30)19-14-34-36-27(44-21-13-9-8-12-20(21)41-3)23(19)26(35-25)43-17(2)29(31,32)33/h5-14,17H,4,15-16H2,1-3H3/t17-/m0/s1. The van der Waals surface area contributed by atoms with Crippen LogP contribution in [0.4, 0.5) is 17.6 Å². The predicted octanol–water partition coefficient (Wildman–Crippen LogP) is 5.38. The quantitative estimate of drug-likeness (QED) is 0.181. The zero-order valence-corrected chi connectivity index (χ0v) is 23.7. The lowest BCUT2D eigenvalue weighted by atomic mass is 10.2. The van der Waals surface area contributed by atoms with E-state index in [4.69, 9.17) is 18.9 Å². The molecule has 0 aliphatic rings. The Labute approximate surface area is 247 Å². The first kappa shape index (κ1) is 30.4. The lowest BCUT2D eigenvalue weighted by Crippen LogP contribution is -2.32. The van der Waals surface area contributed by atoms with Gasteiger partial charge in [-0.05, 0) is 31.5 Å². The number of alkyl halides is 3. The topological polar surface area (TPSA) is 115 Å². The fourth-order valence-corrected chi connectivity index (χ4v) is 4.24. The average Bonchev–Trinajstić information content (AvgIpc) is 3.33. The highest BCUT2D eigenvalue weighted by Gasteiger charge is 2.39. The number of aromatic nitrogens is 6. The molecule has 0 radical (unpaired) electrons. The minimum absolute atomic E-state index is 0.114. The van der Waals surface area contributed by atoms with Gasteiger partial charge in [-0.15, -0.1) is 10.2 Å². The van der Waals surface area contributed by atoms with E-state index in [0.717, 1.165) is 18.7 Å². The maximum atomic E-state index is 16.1. The first-order valence-electron chi connectivity index (χ1n) is 13.3. The SMILES string of the molecule is CCn1c(COCc2ccccc2)nn(-c2nc(O[C@@H](C)C(F)(F)F)c3c(Oc4ccccc4OC)nncc3c2F)c1=O. The van der Waals surface area contributed by atoms with Crippen molar-refractivity contribution in [2.45, 2.75) is 45.9 Å². The number of pyridine rings is 1. The fourth-order valence-electron chi connectivity index (χ4n) is 4.24. The molecule has 0 unspecified atom stereocenters. The van der Waals surface area contributed by atoms with Crippen molar-refractivity contribution < 1.29 is 36.5 Å². The van der Waals surface area contributed by atoms with Crippen LogP contribution < -0.4 is 19.9 Å². The van der Waals surface area contributed by atoms with Crippen molar-refractivity contribution >= 4 is 10.8 Å². The van der Waals surface area contributed by atoms with Gasteiger partial charge in [0.05, 0.1) is 25.3 Å². The van der Waals surface area contributed by atoms with Crippen LogP contribution in [-0.2, 0) is 24.5 Å². The molecule has 0 saturated heterocycles. The number of rotatable bonds is 11. The molecule has 0 bridgehead atoms. The van der Waals surface area contributed by atoms with Crippen molar-refractivity contribution in [1.29, 1.82) is 0 Å². The van der Waals surface area contributed by atoms with Gasteiger partial charge in [0.2, 0.25) is 5.88 Å². The number of fused-ring (bicyclic) bond motifs is 1. The highest BCUT2D eigenvalue weighted by Crippen LogP contribution is 2.39.